The van der Waals surface area contributed by atoms with Gasteiger partial charge in [0.1, 0.15) is 5.75 Å². The zero-order chi connectivity index (χ0) is 12.8. The van der Waals surface area contributed by atoms with Crippen molar-refractivity contribution in [2.45, 2.75) is 31.8 Å². The summed E-state index contributed by atoms with van der Waals surface area (Å²) in [6, 6.07) is 8.17. The van der Waals surface area contributed by atoms with Gasteiger partial charge in [-0.25, -0.2) is 0 Å². The molecule has 0 aliphatic heterocycles. The zero-order valence-corrected chi connectivity index (χ0v) is 11.1. The van der Waals surface area contributed by atoms with Gasteiger partial charge in [0.2, 0.25) is 0 Å². The van der Waals surface area contributed by atoms with Crippen molar-refractivity contribution in [3.63, 3.8) is 0 Å². The third-order valence-corrected chi connectivity index (χ3v) is 3.65. The van der Waals surface area contributed by atoms with Crippen molar-refractivity contribution in [1.82, 2.24) is 0 Å². The Kier molecular flexibility index (Phi) is 5.02. The summed E-state index contributed by atoms with van der Waals surface area (Å²) in [4.78, 5) is 0. The van der Waals surface area contributed by atoms with E-state index < -0.39 is 0 Å². The molecular formula is C15H23NO2. The van der Waals surface area contributed by atoms with Gasteiger partial charge in [-0.15, -0.1) is 0 Å². The van der Waals surface area contributed by atoms with E-state index in [0.29, 0.717) is 6.54 Å². The van der Waals surface area contributed by atoms with E-state index in [0.717, 1.165) is 30.3 Å². The first-order chi connectivity index (χ1) is 8.83. The van der Waals surface area contributed by atoms with E-state index in [-0.39, 0.29) is 6.10 Å². The molecule has 100 valence electrons. The van der Waals surface area contributed by atoms with E-state index in [1.165, 1.54) is 19.3 Å². The average molecular weight is 249 g/mol. The number of rotatable bonds is 7. The van der Waals surface area contributed by atoms with Crippen LogP contribution in [0.3, 0.4) is 0 Å². The number of hydrogen-bond acceptors (Lipinski definition) is 3. The van der Waals surface area contributed by atoms with E-state index in [1.807, 2.05) is 12.1 Å². The molecular weight excluding hydrogens is 226 g/mol. The minimum atomic E-state index is 0.0715. The fraction of sp³-hybridized carbons (Fsp3) is 0.600. The van der Waals surface area contributed by atoms with Gasteiger partial charge in [-0.05, 0) is 49.4 Å². The molecule has 0 saturated heterocycles. The number of nitrogens with two attached hydrogens (primary N) is 1. The minimum Gasteiger partial charge on any atom is -0.493 e. The quantitative estimate of drug-likeness (QED) is 0.808. The normalized spacial score (nSPS) is 17.2. The van der Waals surface area contributed by atoms with Crippen LogP contribution in [0.1, 0.15) is 37.4 Å². The fourth-order valence-corrected chi connectivity index (χ4v) is 2.25. The van der Waals surface area contributed by atoms with Crippen molar-refractivity contribution < 1.29 is 9.47 Å². The van der Waals surface area contributed by atoms with Crippen LogP contribution in [0.5, 0.6) is 5.75 Å². The van der Waals surface area contributed by atoms with Crippen molar-refractivity contribution in [2.24, 2.45) is 11.7 Å². The Labute approximate surface area is 109 Å². The number of methoxy groups -OCH3 is 1. The van der Waals surface area contributed by atoms with Gasteiger partial charge in [-0.2, -0.15) is 0 Å². The summed E-state index contributed by atoms with van der Waals surface area (Å²) < 4.78 is 11.3. The molecule has 1 aliphatic carbocycles. The molecule has 0 spiro atoms. The molecule has 2 N–H and O–H groups in total. The lowest BCUT2D eigenvalue weighted by Crippen LogP contribution is -2.19. The van der Waals surface area contributed by atoms with Crippen LogP contribution < -0.4 is 10.5 Å². The molecule has 3 nitrogen and oxygen atoms in total. The SMILES string of the molecule is COC(CCN)c1cccc(OCC2CCC2)c1. The Morgan fingerprint density at radius 1 is 1.39 bits per heavy atom. The highest BCUT2D eigenvalue weighted by Gasteiger charge is 2.18. The summed E-state index contributed by atoms with van der Waals surface area (Å²) in [6.07, 6.45) is 4.89. The van der Waals surface area contributed by atoms with E-state index in [9.17, 15) is 0 Å². The Balaban J connectivity index is 1.94. The number of benzene rings is 1. The van der Waals surface area contributed by atoms with Crippen molar-refractivity contribution in [1.29, 1.82) is 0 Å². The summed E-state index contributed by atoms with van der Waals surface area (Å²) in [5.41, 5.74) is 6.74. The highest BCUT2D eigenvalue weighted by molar-refractivity contribution is 5.30. The average Bonchev–Trinajstić information content (AvgIpc) is 2.34. The van der Waals surface area contributed by atoms with Gasteiger partial charge in [0, 0.05) is 7.11 Å². The van der Waals surface area contributed by atoms with Crippen LogP contribution in [0.15, 0.2) is 24.3 Å². The highest BCUT2D eigenvalue weighted by atomic mass is 16.5. The molecule has 0 bridgehead atoms. The van der Waals surface area contributed by atoms with Crippen LogP contribution in [0, 0.1) is 5.92 Å². The third kappa shape index (κ3) is 3.47. The van der Waals surface area contributed by atoms with Crippen LogP contribution in [-0.2, 0) is 4.74 Å². The first-order valence-electron chi connectivity index (χ1n) is 6.79. The van der Waals surface area contributed by atoms with Gasteiger partial charge < -0.3 is 15.2 Å². The largest absolute Gasteiger partial charge is 0.493 e. The van der Waals surface area contributed by atoms with Crippen molar-refractivity contribution in [2.75, 3.05) is 20.3 Å². The Bertz CT molecular complexity index is 363. The lowest BCUT2D eigenvalue weighted by molar-refractivity contribution is 0.0973. The summed E-state index contributed by atoms with van der Waals surface area (Å²) >= 11 is 0. The number of ether oxygens (including phenoxy) is 2. The number of hydrogen-bond donors (Lipinski definition) is 1. The van der Waals surface area contributed by atoms with E-state index >= 15 is 0 Å². The molecule has 1 aromatic rings. The van der Waals surface area contributed by atoms with E-state index in [4.69, 9.17) is 15.2 Å². The van der Waals surface area contributed by atoms with Gasteiger partial charge >= 0.3 is 0 Å². The maximum atomic E-state index is 5.84. The van der Waals surface area contributed by atoms with Crippen LogP contribution in [0.2, 0.25) is 0 Å². The lowest BCUT2D eigenvalue weighted by atomic mass is 9.86. The molecule has 1 atom stereocenters. The van der Waals surface area contributed by atoms with Gasteiger partial charge in [0.05, 0.1) is 12.7 Å². The Morgan fingerprint density at radius 3 is 2.83 bits per heavy atom. The summed E-state index contributed by atoms with van der Waals surface area (Å²) in [7, 11) is 1.72. The van der Waals surface area contributed by atoms with Crippen molar-refractivity contribution in [3.8, 4) is 5.75 Å². The first kappa shape index (κ1) is 13.4. The predicted molar refractivity (Wildman–Crippen MR) is 72.7 cm³/mol. The molecule has 1 saturated carbocycles. The maximum Gasteiger partial charge on any atom is 0.119 e. The smallest absolute Gasteiger partial charge is 0.119 e. The zero-order valence-electron chi connectivity index (χ0n) is 11.1. The third-order valence-electron chi connectivity index (χ3n) is 3.65. The van der Waals surface area contributed by atoms with Gasteiger partial charge in [0.25, 0.3) is 0 Å². The molecule has 0 aromatic heterocycles. The van der Waals surface area contributed by atoms with E-state index in [2.05, 4.69) is 12.1 Å². The maximum absolute atomic E-state index is 5.84. The van der Waals surface area contributed by atoms with Crippen LogP contribution >= 0.6 is 0 Å². The topological polar surface area (TPSA) is 44.5 Å². The molecule has 1 aromatic carbocycles. The van der Waals surface area contributed by atoms with Crippen molar-refractivity contribution in [3.05, 3.63) is 29.8 Å². The predicted octanol–water partition coefficient (Wildman–Crippen LogP) is 2.90. The first-order valence-corrected chi connectivity index (χ1v) is 6.79. The van der Waals surface area contributed by atoms with Gasteiger partial charge in [-0.1, -0.05) is 18.6 Å². The van der Waals surface area contributed by atoms with Crippen LogP contribution in [0.4, 0.5) is 0 Å². The molecule has 1 aliphatic rings. The second-order valence-electron chi connectivity index (χ2n) is 4.98. The van der Waals surface area contributed by atoms with Gasteiger partial charge in [-0.3, -0.25) is 0 Å². The summed E-state index contributed by atoms with van der Waals surface area (Å²) in [5, 5.41) is 0. The molecule has 0 heterocycles. The molecule has 1 unspecified atom stereocenters. The molecule has 18 heavy (non-hydrogen) atoms. The monoisotopic (exact) mass is 249 g/mol. The standard InChI is InChI=1S/C15H23NO2/c1-17-15(8-9-16)13-6-3-7-14(10-13)18-11-12-4-2-5-12/h3,6-7,10,12,15H,2,4-5,8-9,11,16H2,1H3. The molecule has 1 fully saturated rings. The Hall–Kier alpha value is -1.06. The van der Waals surface area contributed by atoms with Crippen LogP contribution in [0.25, 0.3) is 0 Å². The minimum absolute atomic E-state index is 0.0715. The van der Waals surface area contributed by atoms with E-state index in [1.54, 1.807) is 7.11 Å². The molecule has 3 heteroatoms. The second-order valence-corrected chi connectivity index (χ2v) is 4.98. The molecule has 0 radical (unpaired) electrons. The molecule has 2 rings (SSSR count). The second kappa shape index (κ2) is 6.76. The van der Waals surface area contributed by atoms with Crippen molar-refractivity contribution >= 4 is 0 Å². The van der Waals surface area contributed by atoms with Gasteiger partial charge in [0.15, 0.2) is 0 Å². The summed E-state index contributed by atoms with van der Waals surface area (Å²) in [5.74, 6) is 1.70. The summed E-state index contributed by atoms with van der Waals surface area (Å²) in [6.45, 7) is 1.48. The highest BCUT2D eigenvalue weighted by Crippen LogP contribution is 2.28. The fourth-order valence-electron chi connectivity index (χ4n) is 2.25. The Morgan fingerprint density at radius 2 is 2.22 bits per heavy atom. The van der Waals surface area contributed by atoms with Crippen LogP contribution in [-0.4, -0.2) is 20.3 Å². The molecule has 0 amide bonds. The lowest BCUT2D eigenvalue weighted by Gasteiger charge is -2.25.